The van der Waals surface area contributed by atoms with Gasteiger partial charge in [-0.2, -0.15) is 5.10 Å². The van der Waals surface area contributed by atoms with Crippen LogP contribution in [0.3, 0.4) is 0 Å². The maximum atomic E-state index is 12.5. The standard InChI is InChI=1S/C28H36N6O3/c1-19-15-24(31-26-9-7-8-12-29-26)23-16-21(10-11-25(23)34(19)20(2)35)22-17-30-33(18-22)14-13-32(6)27(36)37-28(3,4)5/h7-12,16-19,24H,13-15H2,1-6H3,(H,29,31)/t19-,24?/m0/s1. The highest BCUT2D eigenvalue weighted by atomic mass is 16.6. The summed E-state index contributed by atoms with van der Waals surface area (Å²) in [5, 5.41) is 8.05. The molecule has 4 rings (SSSR count). The van der Waals surface area contributed by atoms with Crippen LogP contribution in [0, 0.1) is 0 Å². The molecular formula is C28H36N6O3. The average Bonchev–Trinajstić information content (AvgIpc) is 3.31. The fourth-order valence-corrected chi connectivity index (χ4v) is 4.61. The lowest BCUT2D eigenvalue weighted by Gasteiger charge is -2.39. The highest BCUT2D eigenvalue weighted by molar-refractivity contribution is 5.94. The molecule has 0 fully saturated rings. The molecule has 1 aromatic carbocycles. The molecule has 3 aromatic rings. The van der Waals surface area contributed by atoms with E-state index in [9.17, 15) is 9.59 Å². The Kier molecular flexibility index (Phi) is 7.52. The van der Waals surface area contributed by atoms with E-state index in [1.165, 1.54) is 0 Å². The molecule has 2 amide bonds. The van der Waals surface area contributed by atoms with Gasteiger partial charge in [0.15, 0.2) is 0 Å². The lowest BCUT2D eigenvalue weighted by Crippen LogP contribution is -2.43. The van der Waals surface area contributed by atoms with Gasteiger partial charge in [-0.05, 0) is 69.5 Å². The lowest BCUT2D eigenvalue weighted by atomic mass is 9.89. The van der Waals surface area contributed by atoms with Gasteiger partial charge in [0.1, 0.15) is 11.4 Å². The van der Waals surface area contributed by atoms with E-state index in [1.807, 2.05) is 73.1 Å². The van der Waals surface area contributed by atoms with E-state index in [0.717, 1.165) is 34.6 Å². The number of amides is 2. The molecule has 1 aliphatic rings. The minimum Gasteiger partial charge on any atom is -0.444 e. The van der Waals surface area contributed by atoms with Crippen molar-refractivity contribution >= 4 is 23.5 Å². The SMILES string of the molecule is CC(=O)N1c2ccc(-c3cnn(CCN(C)C(=O)OC(C)(C)C)c3)cc2C(Nc2ccccn2)C[C@@H]1C. The first-order valence-corrected chi connectivity index (χ1v) is 12.6. The fourth-order valence-electron chi connectivity index (χ4n) is 4.61. The second kappa shape index (κ2) is 10.6. The molecule has 2 atom stereocenters. The highest BCUT2D eigenvalue weighted by Crippen LogP contribution is 2.40. The number of likely N-dealkylation sites (N-methyl/N-ethyl adjacent to an activating group) is 1. The lowest BCUT2D eigenvalue weighted by molar-refractivity contribution is -0.117. The van der Waals surface area contributed by atoms with Crippen LogP contribution in [-0.2, 0) is 16.1 Å². The van der Waals surface area contributed by atoms with Crippen LogP contribution in [0.2, 0.25) is 0 Å². The molecule has 3 heterocycles. The summed E-state index contributed by atoms with van der Waals surface area (Å²) < 4.78 is 7.24. The number of anilines is 2. The van der Waals surface area contributed by atoms with Crippen molar-refractivity contribution in [1.29, 1.82) is 0 Å². The van der Waals surface area contributed by atoms with Crippen molar-refractivity contribution in [3.8, 4) is 11.1 Å². The van der Waals surface area contributed by atoms with Crippen LogP contribution in [0.1, 0.15) is 52.6 Å². The van der Waals surface area contributed by atoms with Crippen molar-refractivity contribution in [3.05, 3.63) is 60.6 Å². The molecule has 1 unspecified atom stereocenters. The number of hydrogen-bond acceptors (Lipinski definition) is 6. The molecule has 0 aliphatic carbocycles. The Balaban J connectivity index is 1.55. The Morgan fingerprint density at radius 1 is 1.19 bits per heavy atom. The van der Waals surface area contributed by atoms with Crippen LogP contribution in [-0.4, -0.2) is 56.9 Å². The predicted molar refractivity (Wildman–Crippen MR) is 144 cm³/mol. The largest absolute Gasteiger partial charge is 0.444 e. The number of carbonyl (C=O) groups is 2. The summed E-state index contributed by atoms with van der Waals surface area (Å²) in [5.41, 5.74) is 3.41. The molecule has 0 bridgehead atoms. The van der Waals surface area contributed by atoms with E-state index < -0.39 is 5.60 Å². The van der Waals surface area contributed by atoms with Gasteiger partial charge in [-0.25, -0.2) is 9.78 Å². The molecule has 1 N–H and O–H groups in total. The van der Waals surface area contributed by atoms with Gasteiger partial charge in [0.05, 0.1) is 18.8 Å². The summed E-state index contributed by atoms with van der Waals surface area (Å²) in [7, 11) is 1.72. The Morgan fingerprint density at radius 2 is 1.97 bits per heavy atom. The molecule has 2 aromatic heterocycles. The number of fused-ring (bicyclic) bond motifs is 1. The van der Waals surface area contributed by atoms with Crippen molar-refractivity contribution in [2.75, 3.05) is 23.8 Å². The summed E-state index contributed by atoms with van der Waals surface area (Å²) in [4.78, 5) is 32.6. The van der Waals surface area contributed by atoms with E-state index in [0.29, 0.717) is 13.1 Å². The molecule has 0 saturated carbocycles. The summed E-state index contributed by atoms with van der Waals surface area (Å²) in [6.07, 6.45) is 5.97. The number of nitrogens with zero attached hydrogens (tertiary/aromatic N) is 5. The third-order valence-corrected chi connectivity index (χ3v) is 6.34. The first-order chi connectivity index (χ1) is 17.5. The Labute approximate surface area is 218 Å². The maximum absolute atomic E-state index is 12.5. The minimum absolute atomic E-state index is 0.00738. The van der Waals surface area contributed by atoms with Crippen LogP contribution >= 0.6 is 0 Å². The summed E-state index contributed by atoms with van der Waals surface area (Å²) in [6.45, 7) is 10.3. The van der Waals surface area contributed by atoms with E-state index in [-0.39, 0.29) is 24.1 Å². The van der Waals surface area contributed by atoms with E-state index in [2.05, 4.69) is 28.4 Å². The third kappa shape index (κ3) is 6.28. The number of benzene rings is 1. The Morgan fingerprint density at radius 3 is 2.65 bits per heavy atom. The summed E-state index contributed by atoms with van der Waals surface area (Å²) in [5.74, 6) is 0.828. The van der Waals surface area contributed by atoms with Crippen molar-refractivity contribution in [2.24, 2.45) is 0 Å². The normalized spacial score (nSPS) is 17.2. The van der Waals surface area contributed by atoms with Gasteiger partial charge in [-0.3, -0.25) is 9.48 Å². The van der Waals surface area contributed by atoms with Gasteiger partial charge in [-0.15, -0.1) is 0 Å². The van der Waals surface area contributed by atoms with Gasteiger partial charge >= 0.3 is 6.09 Å². The number of aromatic nitrogens is 3. The summed E-state index contributed by atoms with van der Waals surface area (Å²) in [6, 6.07) is 12.0. The predicted octanol–water partition coefficient (Wildman–Crippen LogP) is 5.11. The monoisotopic (exact) mass is 504 g/mol. The fraction of sp³-hybridized carbons (Fsp3) is 0.429. The van der Waals surface area contributed by atoms with Crippen molar-refractivity contribution in [2.45, 2.75) is 65.3 Å². The summed E-state index contributed by atoms with van der Waals surface area (Å²) >= 11 is 0. The molecule has 0 spiro atoms. The molecule has 9 nitrogen and oxygen atoms in total. The number of rotatable bonds is 6. The van der Waals surface area contributed by atoms with Crippen LogP contribution in [0.5, 0.6) is 0 Å². The average molecular weight is 505 g/mol. The van der Waals surface area contributed by atoms with Crippen LogP contribution in [0.25, 0.3) is 11.1 Å². The minimum atomic E-state index is -0.532. The Bertz CT molecular complexity index is 1250. The zero-order valence-corrected chi connectivity index (χ0v) is 22.4. The van der Waals surface area contributed by atoms with Crippen molar-refractivity contribution in [3.63, 3.8) is 0 Å². The smallest absolute Gasteiger partial charge is 0.410 e. The number of pyridine rings is 1. The third-order valence-electron chi connectivity index (χ3n) is 6.34. The molecule has 9 heteroatoms. The van der Waals surface area contributed by atoms with Gasteiger partial charge < -0.3 is 19.9 Å². The number of carbonyl (C=O) groups excluding carboxylic acids is 2. The van der Waals surface area contributed by atoms with Gasteiger partial charge in [0.2, 0.25) is 5.91 Å². The first kappa shape index (κ1) is 26.2. The van der Waals surface area contributed by atoms with Crippen LogP contribution in [0.15, 0.2) is 55.0 Å². The van der Waals surface area contributed by atoms with Crippen molar-refractivity contribution < 1.29 is 14.3 Å². The van der Waals surface area contributed by atoms with Gasteiger partial charge in [-0.1, -0.05) is 12.1 Å². The Hall–Kier alpha value is -3.88. The molecular weight excluding hydrogens is 468 g/mol. The molecule has 1 aliphatic heterocycles. The van der Waals surface area contributed by atoms with Crippen LogP contribution in [0.4, 0.5) is 16.3 Å². The quantitative estimate of drug-likeness (QED) is 0.502. The zero-order chi connectivity index (χ0) is 26.7. The second-order valence-corrected chi connectivity index (χ2v) is 10.6. The van der Waals surface area contributed by atoms with Gasteiger partial charge in [0.25, 0.3) is 0 Å². The second-order valence-electron chi connectivity index (χ2n) is 10.6. The number of hydrogen-bond donors (Lipinski definition) is 1. The molecule has 196 valence electrons. The van der Waals surface area contributed by atoms with Gasteiger partial charge in [0, 0.05) is 50.2 Å². The van der Waals surface area contributed by atoms with E-state index in [4.69, 9.17) is 4.74 Å². The number of ether oxygens (including phenoxy) is 1. The van der Waals surface area contributed by atoms with Crippen molar-refractivity contribution in [1.82, 2.24) is 19.7 Å². The molecule has 0 radical (unpaired) electrons. The van der Waals surface area contributed by atoms with E-state index >= 15 is 0 Å². The van der Waals surface area contributed by atoms with E-state index in [1.54, 1.807) is 25.1 Å². The number of nitrogens with one attached hydrogen (secondary N) is 1. The van der Waals surface area contributed by atoms with Crippen LogP contribution < -0.4 is 10.2 Å². The highest BCUT2D eigenvalue weighted by Gasteiger charge is 2.33. The zero-order valence-electron chi connectivity index (χ0n) is 22.4. The topological polar surface area (TPSA) is 92.6 Å². The molecule has 37 heavy (non-hydrogen) atoms. The first-order valence-electron chi connectivity index (χ1n) is 12.6. The molecule has 0 saturated heterocycles. The maximum Gasteiger partial charge on any atom is 0.410 e.